The van der Waals surface area contributed by atoms with Crippen LogP contribution in [-0.2, 0) is 30.3 Å². The van der Waals surface area contributed by atoms with Crippen molar-refractivity contribution in [2.75, 3.05) is 13.7 Å². The number of hydrogen-bond donors (Lipinski definition) is 0. The number of allylic oxidation sites excluding steroid dienone is 1. The van der Waals surface area contributed by atoms with E-state index in [4.69, 9.17) is 23.7 Å². The Hall–Kier alpha value is -1.89. The van der Waals surface area contributed by atoms with Gasteiger partial charge in [-0.05, 0) is 51.8 Å². The normalized spacial score (nSPS) is 22.0. The lowest BCUT2D eigenvalue weighted by Crippen LogP contribution is -2.26. The van der Waals surface area contributed by atoms with Crippen LogP contribution in [0.2, 0.25) is 0 Å². The van der Waals surface area contributed by atoms with E-state index in [9.17, 15) is 4.79 Å². The van der Waals surface area contributed by atoms with Crippen molar-refractivity contribution in [3.8, 4) is 5.75 Å². The van der Waals surface area contributed by atoms with E-state index in [1.165, 1.54) is 0 Å². The highest BCUT2D eigenvalue weighted by atomic mass is 16.7. The summed E-state index contributed by atoms with van der Waals surface area (Å²) in [6.45, 7) is 8.61. The summed E-state index contributed by atoms with van der Waals surface area (Å²) < 4.78 is 28.2. The SMILES string of the molecule is CCOC(=O)CC/C=C/[C@H]1OC(C)(C)O[C@H]1C[C@H](C)OCc1ccc(OC)cc1. The summed E-state index contributed by atoms with van der Waals surface area (Å²) in [4.78, 5) is 11.4. The molecule has 1 saturated heterocycles. The zero-order chi connectivity index (χ0) is 21.3. The quantitative estimate of drug-likeness (QED) is 0.401. The zero-order valence-corrected chi connectivity index (χ0v) is 18.2. The van der Waals surface area contributed by atoms with Gasteiger partial charge in [0.1, 0.15) is 11.9 Å². The first-order valence-corrected chi connectivity index (χ1v) is 10.3. The van der Waals surface area contributed by atoms with Crippen LogP contribution in [0.4, 0.5) is 0 Å². The van der Waals surface area contributed by atoms with Crippen LogP contribution in [0, 0.1) is 0 Å². The Kier molecular flexibility index (Phi) is 9.14. The fraction of sp³-hybridized carbons (Fsp3) is 0.609. The molecule has 1 aromatic rings. The Morgan fingerprint density at radius 1 is 1.24 bits per heavy atom. The molecule has 1 aliphatic heterocycles. The number of carbonyl (C=O) groups is 1. The summed E-state index contributed by atoms with van der Waals surface area (Å²) in [6, 6.07) is 7.85. The number of benzene rings is 1. The van der Waals surface area contributed by atoms with Crippen LogP contribution < -0.4 is 4.74 Å². The molecule has 0 aromatic heterocycles. The van der Waals surface area contributed by atoms with Gasteiger partial charge in [-0.2, -0.15) is 0 Å². The van der Waals surface area contributed by atoms with Crippen molar-refractivity contribution in [2.45, 2.75) is 77.7 Å². The molecule has 162 valence electrons. The van der Waals surface area contributed by atoms with Gasteiger partial charge in [0.25, 0.3) is 0 Å². The molecule has 6 nitrogen and oxygen atoms in total. The van der Waals surface area contributed by atoms with E-state index in [0.717, 1.165) is 11.3 Å². The summed E-state index contributed by atoms with van der Waals surface area (Å²) >= 11 is 0. The molecular weight excluding hydrogens is 372 g/mol. The van der Waals surface area contributed by atoms with Crippen LogP contribution in [0.25, 0.3) is 0 Å². The first-order chi connectivity index (χ1) is 13.8. The van der Waals surface area contributed by atoms with Crippen LogP contribution >= 0.6 is 0 Å². The minimum Gasteiger partial charge on any atom is -0.497 e. The molecule has 1 fully saturated rings. The average Bonchev–Trinajstić information content (AvgIpc) is 2.97. The minimum absolute atomic E-state index is 0.00929. The van der Waals surface area contributed by atoms with Gasteiger partial charge >= 0.3 is 5.97 Å². The van der Waals surface area contributed by atoms with E-state index in [-0.39, 0.29) is 24.3 Å². The molecule has 0 aliphatic carbocycles. The van der Waals surface area contributed by atoms with Crippen LogP contribution in [0.3, 0.4) is 0 Å². The third-order valence-electron chi connectivity index (χ3n) is 4.63. The monoisotopic (exact) mass is 406 g/mol. The van der Waals surface area contributed by atoms with Crippen LogP contribution in [0.5, 0.6) is 5.75 Å². The van der Waals surface area contributed by atoms with Crippen LogP contribution in [0.15, 0.2) is 36.4 Å². The molecule has 1 heterocycles. The maximum absolute atomic E-state index is 11.4. The molecule has 29 heavy (non-hydrogen) atoms. The van der Waals surface area contributed by atoms with Crippen molar-refractivity contribution in [3.05, 3.63) is 42.0 Å². The molecule has 0 unspecified atom stereocenters. The Bertz CT molecular complexity index is 652. The van der Waals surface area contributed by atoms with E-state index in [1.807, 2.05) is 64.1 Å². The molecule has 1 aromatic carbocycles. The van der Waals surface area contributed by atoms with Gasteiger partial charge in [-0.25, -0.2) is 0 Å². The first-order valence-electron chi connectivity index (χ1n) is 10.3. The smallest absolute Gasteiger partial charge is 0.306 e. The molecule has 0 radical (unpaired) electrons. The fourth-order valence-electron chi connectivity index (χ4n) is 3.23. The zero-order valence-electron chi connectivity index (χ0n) is 18.2. The number of rotatable bonds is 11. The van der Waals surface area contributed by atoms with Crippen molar-refractivity contribution >= 4 is 5.97 Å². The van der Waals surface area contributed by atoms with E-state index >= 15 is 0 Å². The summed E-state index contributed by atoms with van der Waals surface area (Å²) in [7, 11) is 1.65. The fourth-order valence-corrected chi connectivity index (χ4v) is 3.23. The standard InChI is InChI=1S/C23H34O6/c1-6-26-22(24)10-8-7-9-20-21(29-23(3,4)28-20)15-17(2)27-16-18-11-13-19(25-5)14-12-18/h7,9,11-14,17,20-21H,6,8,10,15-16H2,1-5H3/b9-7+/t17-,20+,21-/m0/s1. The number of hydrogen-bond acceptors (Lipinski definition) is 6. The molecule has 6 heteroatoms. The summed E-state index contributed by atoms with van der Waals surface area (Å²) in [5.74, 6) is 0.00700. The van der Waals surface area contributed by atoms with E-state index in [2.05, 4.69) is 0 Å². The second-order valence-corrected chi connectivity index (χ2v) is 7.62. The largest absolute Gasteiger partial charge is 0.497 e. The highest BCUT2D eigenvalue weighted by Crippen LogP contribution is 2.32. The van der Waals surface area contributed by atoms with Crippen molar-refractivity contribution in [1.29, 1.82) is 0 Å². The first kappa shape index (κ1) is 23.4. The lowest BCUT2D eigenvalue weighted by atomic mass is 10.1. The molecule has 0 amide bonds. The van der Waals surface area contributed by atoms with E-state index < -0.39 is 5.79 Å². The predicted octanol–water partition coefficient (Wildman–Crippen LogP) is 4.41. The second kappa shape index (κ2) is 11.3. The highest BCUT2D eigenvalue weighted by molar-refractivity contribution is 5.69. The van der Waals surface area contributed by atoms with Gasteiger partial charge < -0.3 is 23.7 Å². The van der Waals surface area contributed by atoms with Crippen molar-refractivity contribution in [3.63, 3.8) is 0 Å². The molecule has 2 rings (SSSR count). The maximum Gasteiger partial charge on any atom is 0.306 e. The van der Waals surface area contributed by atoms with Gasteiger partial charge in [0.05, 0.1) is 32.5 Å². The number of carbonyl (C=O) groups excluding carboxylic acids is 1. The second-order valence-electron chi connectivity index (χ2n) is 7.62. The van der Waals surface area contributed by atoms with Crippen molar-refractivity contribution in [1.82, 2.24) is 0 Å². The number of methoxy groups -OCH3 is 1. The molecule has 0 saturated carbocycles. The summed E-state index contributed by atoms with van der Waals surface area (Å²) in [5, 5.41) is 0. The van der Waals surface area contributed by atoms with Crippen molar-refractivity contribution < 1.29 is 28.5 Å². The molecule has 1 aliphatic rings. The Balaban J connectivity index is 1.82. The van der Waals surface area contributed by atoms with E-state index in [1.54, 1.807) is 7.11 Å². The Morgan fingerprint density at radius 2 is 1.97 bits per heavy atom. The molecule has 0 N–H and O–H groups in total. The molecule has 0 bridgehead atoms. The molecule has 3 atom stereocenters. The summed E-state index contributed by atoms with van der Waals surface area (Å²) in [6.07, 6.45) is 5.38. The van der Waals surface area contributed by atoms with Crippen LogP contribution in [-0.4, -0.2) is 43.8 Å². The third-order valence-corrected chi connectivity index (χ3v) is 4.63. The number of esters is 1. The molecular formula is C23H34O6. The lowest BCUT2D eigenvalue weighted by Gasteiger charge is -2.20. The van der Waals surface area contributed by atoms with Gasteiger partial charge in [-0.3, -0.25) is 4.79 Å². The van der Waals surface area contributed by atoms with Gasteiger partial charge in [0.2, 0.25) is 0 Å². The molecule has 0 spiro atoms. The van der Waals surface area contributed by atoms with Gasteiger partial charge in [-0.1, -0.05) is 24.3 Å². The lowest BCUT2D eigenvalue weighted by molar-refractivity contribution is -0.146. The van der Waals surface area contributed by atoms with Crippen molar-refractivity contribution in [2.24, 2.45) is 0 Å². The van der Waals surface area contributed by atoms with Crippen LogP contribution in [0.1, 0.15) is 52.5 Å². The average molecular weight is 407 g/mol. The third kappa shape index (κ3) is 8.17. The maximum atomic E-state index is 11.4. The Morgan fingerprint density at radius 3 is 2.62 bits per heavy atom. The van der Waals surface area contributed by atoms with Gasteiger partial charge in [0, 0.05) is 12.8 Å². The highest BCUT2D eigenvalue weighted by Gasteiger charge is 2.40. The predicted molar refractivity (Wildman–Crippen MR) is 111 cm³/mol. The topological polar surface area (TPSA) is 63.2 Å². The van der Waals surface area contributed by atoms with E-state index in [0.29, 0.717) is 32.5 Å². The number of ether oxygens (including phenoxy) is 5. The van der Waals surface area contributed by atoms with Gasteiger partial charge in [0.15, 0.2) is 5.79 Å². The Labute approximate surface area is 174 Å². The summed E-state index contributed by atoms with van der Waals surface area (Å²) in [5.41, 5.74) is 1.09. The van der Waals surface area contributed by atoms with Gasteiger partial charge in [-0.15, -0.1) is 0 Å². The minimum atomic E-state index is -0.642.